The highest BCUT2D eigenvalue weighted by Gasteiger charge is 2.32. The molecule has 21 heteroatoms. The molecule has 4 rings (SSSR count). The van der Waals surface area contributed by atoms with E-state index in [2.05, 4.69) is 41.6 Å². The van der Waals surface area contributed by atoms with E-state index in [0.717, 1.165) is 11.8 Å². The molecule has 0 spiro atoms. The Bertz CT molecular complexity index is 2130. The Morgan fingerprint density at radius 2 is 1.35 bits per heavy atom. The third-order valence-corrected chi connectivity index (χ3v) is 9.49. The average Bonchev–Trinajstić information content (AvgIpc) is 3.30. The zero-order valence-electron chi connectivity index (χ0n) is 36.1. The first-order chi connectivity index (χ1) is 31.2. The second kappa shape index (κ2) is 25.9. The van der Waals surface area contributed by atoms with Gasteiger partial charge in [-0.1, -0.05) is 79.7 Å². The van der Waals surface area contributed by atoms with E-state index in [-0.39, 0.29) is 57.1 Å². The molecule has 21 nitrogen and oxygen atoms in total. The van der Waals surface area contributed by atoms with Crippen molar-refractivity contribution in [3.63, 3.8) is 0 Å². The predicted octanol–water partition coefficient (Wildman–Crippen LogP) is 1.70. The summed E-state index contributed by atoms with van der Waals surface area (Å²) in [5, 5.41) is 14.9. The normalized spacial score (nSPS) is 17.0. The van der Waals surface area contributed by atoms with Gasteiger partial charge in [-0.25, -0.2) is 9.59 Å². The number of rotatable bonds is 13. The van der Waals surface area contributed by atoms with Crippen LogP contribution in [0.1, 0.15) is 66.6 Å². The van der Waals surface area contributed by atoms with Gasteiger partial charge >= 0.3 is 24.1 Å². The average molecular weight is 901 g/mol. The van der Waals surface area contributed by atoms with Gasteiger partial charge < -0.3 is 45.1 Å². The molecular weight excluding hydrogens is 849 g/mol. The van der Waals surface area contributed by atoms with E-state index in [4.69, 9.17) is 14.2 Å². The Labute approximate surface area is 374 Å². The summed E-state index contributed by atoms with van der Waals surface area (Å²) < 4.78 is 20.0. The topological polar surface area (TPSA) is 278 Å². The number of guanidine groups is 1. The molecule has 1 heterocycles. The van der Waals surface area contributed by atoms with Gasteiger partial charge in [-0.05, 0) is 48.1 Å². The molecular formula is C44H52N8O13. The molecule has 65 heavy (non-hydrogen) atoms. The molecule has 3 atom stereocenters. The van der Waals surface area contributed by atoms with Gasteiger partial charge in [0.2, 0.25) is 36.4 Å². The molecule has 1 aliphatic heterocycles. The minimum Gasteiger partial charge on any atom is -0.444 e. The minimum absolute atomic E-state index is 0.0561. The van der Waals surface area contributed by atoms with Gasteiger partial charge in [-0.3, -0.25) is 49.2 Å². The quantitative estimate of drug-likeness (QED) is 0.0356. The van der Waals surface area contributed by atoms with Crippen LogP contribution in [0.25, 0.3) is 0 Å². The fourth-order valence-electron chi connectivity index (χ4n) is 6.06. The molecule has 2 bridgehead atoms. The predicted molar refractivity (Wildman–Crippen MR) is 230 cm³/mol. The van der Waals surface area contributed by atoms with Crippen LogP contribution in [0.2, 0.25) is 0 Å². The van der Waals surface area contributed by atoms with E-state index in [1.807, 2.05) is 0 Å². The molecule has 3 aromatic rings. The van der Waals surface area contributed by atoms with Gasteiger partial charge in [-0.15, -0.1) is 0 Å². The number of nitrogens with one attached hydrogen (secondary N) is 6. The van der Waals surface area contributed by atoms with Crippen molar-refractivity contribution in [3.05, 3.63) is 107 Å². The first-order valence-electron chi connectivity index (χ1n) is 20.5. The third kappa shape index (κ3) is 17.5. The lowest BCUT2D eigenvalue weighted by molar-refractivity contribution is -0.166. The standard InChI is InChI=1S/C44H52N8O13/c1-4-33-41(59)52(3)35(19-12-20-45-42(50-43(60)62-25-29-13-7-5-8-14-29)51-44(61)63-26-30-15-9-6-10-16-30)40(58)47-24-36(54)48-34(22-37(55)65-27-64-28(2)53)39(57)46-23-31-17-11-18-32(21-31)38(56)49-33/h5-11,13-18,21,33-35H,4,12,19-20,22-27H2,1-3H3,(H,46,57)(H,47,58)(H,48,54)(H,49,56)(H2,45,50,51,60,61)/t33-,34+,35+/m1/s1. The van der Waals surface area contributed by atoms with Crippen LogP contribution >= 0.6 is 0 Å². The van der Waals surface area contributed by atoms with Crippen LogP contribution in [0.3, 0.4) is 0 Å². The van der Waals surface area contributed by atoms with Crippen LogP contribution in [0.4, 0.5) is 9.59 Å². The molecule has 0 saturated heterocycles. The molecule has 0 radical (unpaired) electrons. The number of hydrogen-bond acceptors (Lipinski definition) is 14. The number of likely N-dealkylation sites (N-methyl/N-ethyl adjacent to an activating group) is 1. The summed E-state index contributed by atoms with van der Waals surface area (Å²) in [6, 6.07) is 20.0. The number of alkyl carbamates (subject to hydrolysis) is 2. The second-order valence-electron chi connectivity index (χ2n) is 14.4. The van der Waals surface area contributed by atoms with Crippen LogP contribution in [0.5, 0.6) is 0 Å². The second-order valence-corrected chi connectivity index (χ2v) is 14.4. The highest BCUT2D eigenvalue weighted by Crippen LogP contribution is 2.13. The van der Waals surface area contributed by atoms with E-state index in [1.54, 1.807) is 79.7 Å². The molecule has 3 aromatic carbocycles. The van der Waals surface area contributed by atoms with E-state index in [1.165, 1.54) is 19.2 Å². The van der Waals surface area contributed by atoms with Crippen LogP contribution in [-0.4, -0.2) is 110 Å². The Morgan fingerprint density at radius 3 is 1.95 bits per heavy atom. The van der Waals surface area contributed by atoms with Crippen molar-refractivity contribution < 1.29 is 62.1 Å². The number of fused-ring (bicyclic) bond motifs is 2. The number of esters is 2. The molecule has 7 amide bonds. The van der Waals surface area contributed by atoms with Crippen molar-refractivity contribution in [2.24, 2.45) is 4.99 Å². The number of aliphatic imine (C=N–C) groups is 1. The number of nitrogens with zero attached hydrogens (tertiary/aromatic N) is 2. The maximum atomic E-state index is 13.9. The summed E-state index contributed by atoms with van der Waals surface area (Å²) in [5.41, 5.74) is 2.03. The summed E-state index contributed by atoms with van der Waals surface area (Å²) in [6.45, 7) is 0.914. The van der Waals surface area contributed by atoms with Crippen LogP contribution < -0.4 is 31.9 Å². The Kier molecular flexibility index (Phi) is 19.9. The molecule has 346 valence electrons. The largest absolute Gasteiger partial charge is 0.444 e. The van der Waals surface area contributed by atoms with Crippen LogP contribution in [0.15, 0.2) is 89.9 Å². The zero-order chi connectivity index (χ0) is 47.1. The van der Waals surface area contributed by atoms with Crippen molar-refractivity contribution >= 4 is 59.6 Å². The van der Waals surface area contributed by atoms with Gasteiger partial charge in [-0.2, -0.15) is 0 Å². The number of ether oxygens (including phenoxy) is 4. The molecule has 0 fully saturated rings. The summed E-state index contributed by atoms with van der Waals surface area (Å²) in [4.78, 5) is 122. The number of carbonyl (C=O) groups excluding carboxylic acids is 9. The minimum atomic E-state index is -1.51. The lowest BCUT2D eigenvalue weighted by Crippen LogP contribution is -2.55. The van der Waals surface area contributed by atoms with E-state index >= 15 is 0 Å². The highest BCUT2D eigenvalue weighted by molar-refractivity contribution is 6.01. The number of carbonyl (C=O) groups is 9. The van der Waals surface area contributed by atoms with Gasteiger partial charge in [0.1, 0.15) is 31.3 Å². The summed E-state index contributed by atoms with van der Waals surface area (Å²) in [6.07, 6.45) is -2.47. The first-order valence-corrected chi connectivity index (χ1v) is 20.5. The van der Waals surface area contributed by atoms with Crippen molar-refractivity contribution in [3.8, 4) is 0 Å². The summed E-state index contributed by atoms with van der Waals surface area (Å²) >= 11 is 0. The Balaban J connectivity index is 1.53. The van der Waals surface area contributed by atoms with Gasteiger partial charge in [0, 0.05) is 32.6 Å². The fourth-order valence-corrected chi connectivity index (χ4v) is 6.06. The third-order valence-electron chi connectivity index (χ3n) is 9.49. The van der Waals surface area contributed by atoms with Crippen molar-refractivity contribution in [1.82, 2.24) is 36.8 Å². The fraction of sp³-hybridized carbons (Fsp3) is 0.364. The van der Waals surface area contributed by atoms with Gasteiger partial charge in [0.05, 0.1) is 13.0 Å². The maximum absolute atomic E-state index is 13.9. The van der Waals surface area contributed by atoms with Crippen molar-refractivity contribution in [2.75, 3.05) is 26.9 Å². The first kappa shape index (κ1) is 49.8. The smallest absolute Gasteiger partial charge is 0.414 e. The highest BCUT2D eigenvalue weighted by atomic mass is 16.7. The number of hydrogen-bond donors (Lipinski definition) is 6. The lowest BCUT2D eigenvalue weighted by Gasteiger charge is -2.30. The van der Waals surface area contributed by atoms with Gasteiger partial charge in [0.25, 0.3) is 5.91 Å². The lowest BCUT2D eigenvalue weighted by atomic mass is 10.1. The molecule has 1 aliphatic rings. The molecule has 0 saturated carbocycles. The monoisotopic (exact) mass is 900 g/mol. The Morgan fingerprint density at radius 1 is 0.738 bits per heavy atom. The SMILES string of the molecule is CC[C@H]1NC(=O)c2cccc(c2)CNC(=O)[C@H](CC(=O)OCOC(C)=O)NC(=O)CNC(=O)[C@H](CCCN=C(NC(=O)OCc2ccccc2)NC(=O)OCc2ccccc2)N(C)C1=O. The van der Waals surface area contributed by atoms with Gasteiger partial charge in [0.15, 0.2) is 0 Å². The maximum Gasteiger partial charge on any atom is 0.414 e. The molecule has 0 aliphatic carbocycles. The van der Waals surface area contributed by atoms with Crippen molar-refractivity contribution in [1.29, 1.82) is 0 Å². The van der Waals surface area contributed by atoms with Crippen LogP contribution in [-0.2, 0) is 67.5 Å². The Hall–Kier alpha value is -7.84. The van der Waals surface area contributed by atoms with E-state index in [9.17, 15) is 43.2 Å². The summed E-state index contributed by atoms with van der Waals surface area (Å²) in [5.74, 6) is -5.78. The van der Waals surface area contributed by atoms with Crippen LogP contribution in [0, 0.1) is 0 Å². The number of benzene rings is 3. The molecule has 6 N–H and O–H groups in total. The zero-order valence-corrected chi connectivity index (χ0v) is 36.1. The van der Waals surface area contributed by atoms with Crippen molar-refractivity contribution in [2.45, 2.75) is 77.4 Å². The summed E-state index contributed by atoms with van der Waals surface area (Å²) in [7, 11) is 1.35. The number of amides is 7. The molecule has 0 unspecified atom stereocenters. The van der Waals surface area contributed by atoms with E-state index in [0.29, 0.717) is 16.7 Å². The van der Waals surface area contributed by atoms with E-state index < -0.39 is 91.5 Å². The molecule has 0 aromatic heterocycles.